The number of hydrogen-bond acceptors (Lipinski definition) is 34. The number of benzene rings is 3. The second-order valence-electron chi connectivity index (χ2n) is 34.9. The number of nitrogens with zero attached hydrogens (tertiary/aromatic N) is 26. The number of alkyl halides is 1. The van der Waals surface area contributed by atoms with Gasteiger partial charge in [0.25, 0.3) is 35.1 Å². The lowest BCUT2D eigenvalue weighted by molar-refractivity contribution is -0.127. The van der Waals surface area contributed by atoms with Crippen molar-refractivity contribution in [1.82, 2.24) is 119 Å². The van der Waals surface area contributed by atoms with Crippen molar-refractivity contribution >= 4 is 153 Å². The molecule has 4 N–H and O–H groups in total. The zero-order valence-corrected chi connectivity index (χ0v) is 81.2. The molecule has 3 amide bonds. The molecular formula is C88H98ClF3N27O18P3. The van der Waals surface area contributed by atoms with Crippen molar-refractivity contribution in [2.45, 2.75) is 113 Å². The summed E-state index contributed by atoms with van der Waals surface area (Å²) in [6, 6.07) is 22.7. The largest absolute Gasteiger partial charge is 0.476 e. The fourth-order valence-corrected chi connectivity index (χ4v) is 19.0. The number of ketones is 3. The van der Waals surface area contributed by atoms with Crippen LogP contribution in [0.1, 0.15) is 107 Å². The van der Waals surface area contributed by atoms with Gasteiger partial charge in [-0.1, -0.05) is 63.6 Å². The van der Waals surface area contributed by atoms with Crippen LogP contribution in [0.2, 0.25) is 0 Å². The molecule has 1 unspecified atom stereocenters. The van der Waals surface area contributed by atoms with Gasteiger partial charge in [-0.3, -0.25) is 56.0 Å². The summed E-state index contributed by atoms with van der Waals surface area (Å²) >= 11 is 5.39. The van der Waals surface area contributed by atoms with Gasteiger partial charge in [-0.15, -0.1) is 15.3 Å². The Morgan fingerprint density at radius 3 is 1.11 bits per heavy atom. The number of carbonyl (C=O) groups is 6. The van der Waals surface area contributed by atoms with Gasteiger partial charge in [-0.05, 0) is 113 Å². The number of anilines is 3. The zero-order chi connectivity index (χ0) is 101. The molecule has 140 heavy (non-hydrogen) atoms. The maximum Gasteiger partial charge on any atom is 0.476 e. The van der Waals surface area contributed by atoms with Gasteiger partial charge in [0.2, 0.25) is 0 Å². The highest BCUT2D eigenvalue weighted by Crippen LogP contribution is 2.56. The van der Waals surface area contributed by atoms with Crippen molar-refractivity contribution in [3.8, 4) is 17.5 Å². The van der Waals surface area contributed by atoms with Crippen LogP contribution in [0, 0.1) is 17.5 Å². The molecule has 3 fully saturated rings. The number of aliphatic hydroxyl groups is 1. The van der Waals surface area contributed by atoms with Crippen LogP contribution < -0.4 is 14.7 Å². The van der Waals surface area contributed by atoms with E-state index in [0.717, 1.165) is 79.5 Å². The molecular weight excluding hydrogens is 1910 g/mol. The Kier molecular flexibility index (Phi) is 31.4. The Labute approximate surface area is 801 Å². The minimum Gasteiger partial charge on any atom is -0.394 e. The summed E-state index contributed by atoms with van der Waals surface area (Å²) in [6.07, 6.45) is 19.6. The van der Waals surface area contributed by atoms with Crippen LogP contribution in [-0.2, 0) is 68.7 Å². The fraction of sp³-hybridized carbons (Fsp3) is 0.352. The molecule has 736 valence electrons. The van der Waals surface area contributed by atoms with Crippen LogP contribution in [0.3, 0.4) is 0 Å². The molecule has 3 aliphatic rings. The molecule has 0 saturated carbocycles. The Morgan fingerprint density at radius 2 is 0.771 bits per heavy atom. The summed E-state index contributed by atoms with van der Waals surface area (Å²) in [5.74, 6) is -4.78. The quantitative estimate of drug-likeness (QED) is 0.0200. The van der Waals surface area contributed by atoms with Crippen molar-refractivity contribution < 1.29 is 97.7 Å². The van der Waals surface area contributed by atoms with E-state index in [9.17, 15) is 56.6 Å². The normalized spacial score (nSPS) is 14.5. The number of amides is 3. The third kappa shape index (κ3) is 24.4. The molecule has 15 aromatic rings. The number of fused-ring (bicyclic) bond motifs is 6. The zero-order valence-electron chi connectivity index (χ0n) is 77.7. The topological polar surface area (TPSA) is 523 Å². The highest BCUT2D eigenvalue weighted by molar-refractivity contribution is 7.53. The minimum atomic E-state index is -4.94. The molecule has 0 aliphatic carbocycles. The number of aliphatic hydroxyl groups excluding tert-OH is 1. The van der Waals surface area contributed by atoms with Gasteiger partial charge in [-0.2, -0.15) is 0 Å². The van der Waals surface area contributed by atoms with E-state index >= 15 is 8.78 Å². The number of halogens is 4. The summed E-state index contributed by atoms with van der Waals surface area (Å²) < 4.78 is 119. The number of piperazine rings is 3. The Bertz CT molecular complexity index is 7160. The van der Waals surface area contributed by atoms with Crippen molar-refractivity contribution in [3.05, 3.63) is 200 Å². The average molecular weight is 2010 g/mol. The highest BCUT2D eigenvalue weighted by Gasteiger charge is 2.40. The van der Waals surface area contributed by atoms with E-state index in [0.29, 0.717) is 52.4 Å². The average Bonchev–Trinajstić information content (AvgIpc) is 1.60. The van der Waals surface area contributed by atoms with Gasteiger partial charge in [0.1, 0.15) is 56.0 Å². The van der Waals surface area contributed by atoms with E-state index in [4.69, 9.17) is 39.3 Å². The molecule has 0 radical (unpaired) electrons. The van der Waals surface area contributed by atoms with Gasteiger partial charge in [0.15, 0.2) is 34.9 Å². The Hall–Kier alpha value is -13.6. The third-order valence-corrected chi connectivity index (χ3v) is 25.1. The first-order chi connectivity index (χ1) is 66.4. The lowest BCUT2D eigenvalue weighted by Gasteiger charge is -2.35. The van der Waals surface area contributed by atoms with E-state index in [1.54, 1.807) is 82.4 Å². The summed E-state index contributed by atoms with van der Waals surface area (Å²) in [6.45, 7) is 23.7. The van der Waals surface area contributed by atoms with Crippen LogP contribution in [0.15, 0.2) is 166 Å². The van der Waals surface area contributed by atoms with Crippen molar-refractivity contribution in [1.29, 1.82) is 0 Å². The second-order valence-corrected chi connectivity index (χ2v) is 39.9. The molecule has 0 bridgehead atoms. The predicted molar refractivity (Wildman–Crippen MR) is 505 cm³/mol. The molecule has 52 heteroatoms. The number of hydrogen-bond donors (Lipinski definition) is 4. The van der Waals surface area contributed by atoms with E-state index in [2.05, 4.69) is 90.2 Å². The molecule has 0 spiro atoms. The number of aromatic amines is 1. The molecule has 3 aromatic carbocycles. The number of phosphoric ester groups is 2. The van der Waals surface area contributed by atoms with Crippen molar-refractivity contribution in [3.63, 3.8) is 0 Å². The van der Waals surface area contributed by atoms with Gasteiger partial charge in [-0.25, -0.2) is 81.2 Å². The number of phosphoric acid groups is 2. The number of Topliss-reactive ketones (excluding diaryl/α,β-unsaturated/α-hetero) is 3. The molecule has 1 atom stereocenters. The number of rotatable bonds is 23. The number of pyridine rings is 3. The number of para-hydroxylation sites is 3. The van der Waals surface area contributed by atoms with Crippen LogP contribution in [-0.4, -0.2) is 283 Å². The van der Waals surface area contributed by atoms with Crippen LogP contribution >= 0.6 is 34.8 Å². The van der Waals surface area contributed by atoms with E-state index in [1.165, 1.54) is 102 Å². The van der Waals surface area contributed by atoms with Crippen LogP contribution in [0.5, 0.6) is 0 Å². The van der Waals surface area contributed by atoms with Crippen molar-refractivity contribution in [2.75, 3.05) is 106 Å². The van der Waals surface area contributed by atoms with E-state index in [-0.39, 0.29) is 112 Å². The van der Waals surface area contributed by atoms with Crippen LogP contribution in [0.25, 0.3) is 82.9 Å². The van der Waals surface area contributed by atoms with Gasteiger partial charge in [0, 0.05) is 126 Å². The lowest BCUT2D eigenvalue weighted by Crippen LogP contribution is -2.51. The van der Waals surface area contributed by atoms with Gasteiger partial charge >= 0.3 is 23.2 Å². The molecule has 3 saturated heterocycles. The second kappa shape index (κ2) is 43.0. The number of nitrogens with one attached hydrogen (secondary N) is 1. The molecule has 45 nitrogen and oxygen atoms in total. The lowest BCUT2D eigenvalue weighted by atomic mass is 10.1. The number of carbonyl (C=O) groups excluding carboxylic acids is 6. The number of aromatic nitrogens is 21. The van der Waals surface area contributed by atoms with Gasteiger partial charge < -0.3 is 62.9 Å². The predicted octanol–water partition coefficient (Wildman–Crippen LogP) is 11.2. The SMILES string of the molecule is CC(C)(C)OP(=O)(OCCl)OC(C)(C)C.CC(C)(C)OP(C)(=O)OCn1cc(C(=O)C(=O)N2CCN(c3ncnc4ccccc34)CC2)c2c(F)cnc(-n3ccnn3)c21.CC(C)O.O=C(C(=O)N1CCN(c2ncnc3ccccc23)CC1)c1c[nH]c2c(-n3ccnn3)ncc(F)c12.O=C(C(=O)N1CCN(c2ncnc3ccccc23)CC1)c1cn(COP(=O)(O)O)c2c(-n3ccnn3)ncc(F)c12. The van der Waals surface area contributed by atoms with E-state index in [1.807, 2.05) is 82.6 Å². The monoisotopic (exact) mass is 2010 g/mol. The summed E-state index contributed by atoms with van der Waals surface area (Å²) in [5, 5.41) is 33.2. The molecule has 12 aromatic heterocycles. The van der Waals surface area contributed by atoms with Crippen molar-refractivity contribution in [2.24, 2.45) is 0 Å². The first-order valence-corrected chi connectivity index (χ1v) is 48.9. The highest BCUT2D eigenvalue weighted by atomic mass is 35.5. The maximum atomic E-state index is 15.5. The fourth-order valence-electron chi connectivity index (χ4n) is 15.4. The Balaban J connectivity index is 0.000000154. The first kappa shape index (κ1) is 102. The molecule has 3 aliphatic heterocycles. The minimum absolute atomic E-state index is 0.00468. The Morgan fingerprint density at radius 1 is 0.443 bits per heavy atom. The summed E-state index contributed by atoms with van der Waals surface area (Å²) in [7, 11) is -12.1. The van der Waals surface area contributed by atoms with Crippen LogP contribution in [0.4, 0.5) is 30.6 Å². The smallest absolute Gasteiger partial charge is 0.394 e. The standard InChI is InChI=1S/C29H31FN9O5P.C24H21FN9O6P.C23H18FN9O2.C9H20ClO4P.C3H8O/c1-29(2,3)44-45(4,42)43-18-38-16-20(23-21(30)15-31-27(24(23)38)39-10-9-34-35-39)25(40)28(41)37-13-11-36(12-14-37)26-19-7-5-6-8-22(19)32-17-33-26;25-17-11-26-23(34-6-5-29-30-34)20-19(17)16(12-33(20)14-40-41(37,38)39)21(35)24(36)32-9-7-31(8-10-32)22-15-3-1-2-4-18(15)27-13-28-22;24-16-12-26-22(33-6-5-29-30-33)19-18(16)15(11-25-19)20(34)23(35)32-9-7-31(8-10-32)21-14-3-1-2-4-17(14)27-13-28-21;1-8(2,3)13-15(11,12-7-10)14-9(4,5)6;1-3(2)4/h5-10,15-17H,11-14,18H2,1-4H3;1-6,11-13H,7-10,14H2,(H2,37,38,39);1-6,11-13,25H,7-10H2;7H2,1-6H3;3-4H,1-2H3. The summed E-state index contributed by atoms with van der Waals surface area (Å²) in [4.78, 5) is 150. The number of H-pyrrole nitrogens is 1. The summed E-state index contributed by atoms with van der Waals surface area (Å²) in [5.41, 5.74) is 0.176. The maximum absolute atomic E-state index is 15.5. The van der Waals surface area contributed by atoms with E-state index < -0.39 is 99.3 Å². The molecule has 15 heterocycles. The van der Waals surface area contributed by atoms with Gasteiger partial charge in [0.05, 0.1) is 139 Å². The molecule has 18 rings (SSSR count). The first-order valence-electron chi connectivity index (χ1n) is 43.4. The third-order valence-electron chi connectivity index (χ3n) is 20.9.